The molecule has 4 aliphatic rings. The van der Waals surface area contributed by atoms with Crippen LogP contribution in [0.2, 0.25) is 0 Å². The van der Waals surface area contributed by atoms with Crippen molar-refractivity contribution >= 4 is 23.4 Å². The van der Waals surface area contributed by atoms with Crippen molar-refractivity contribution < 1.29 is 19.5 Å². The molecule has 4 fully saturated rings. The van der Waals surface area contributed by atoms with Crippen LogP contribution in [0.4, 0.5) is 5.69 Å². The fourth-order valence-electron chi connectivity index (χ4n) is 9.76. The van der Waals surface area contributed by atoms with Crippen LogP contribution in [0.3, 0.4) is 0 Å². The van der Waals surface area contributed by atoms with Crippen LogP contribution < -0.4 is 10.2 Å². The van der Waals surface area contributed by atoms with E-state index in [1.807, 2.05) is 42.6 Å². The second-order valence-corrected chi connectivity index (χ2v) is 16.7. The Hall–Kier alpha value is -5.13. The number of benzene rings is 3. The van der Waals surface area contributed by atoms with Gasteiger partial charge in [-0.3, -0.25) is 24.6 Å². The predicted molar refractivity (Wildman–Crippen MR) is 221 cm³/mol. The molecule has 298 valence electrons. The van der Waals surface area contributed by atoms with Crippen LogP contribution in [-0.4, -0.2) is 113 Å². The second kappa shape index (κ2) is 17.2. The summed E-state index contributed by atoms with van der Waals surface area (Å²) in [5.41, 5.74) is 6.05. The first-order valence-electron chi connectivity index (χ1n) is 20.8. The summed E-state index contributed by atoms with van der Waals surface area (Å²) >= 11 is 0. The number of rotatable bonds is 10. The molecule has 3 aromatic carbocycles. The molecule has 1 aromatic heterocycles. The molecule has 8 rings (SSSR count). The van der Waals surface area contributed by atoms with E-state index in [-0.39, 0.29) is 34.8 Å². The van der Waals surface area contributed by atoms with Gasteiger partial charge in [0.25, 0.3) is 0 Å². The minimum atomic E-state index is -0.255. The lowest BCUT2D eigenvalue weighted by molar-refractivity contribution is -0.135. The average Bonchev–Trinajstić information content (AvgIpc) is 3.25. The van der Waals surface area contributed by atoms with Gasteiger partial charge in [-0.15, -0.1) is 0 Å². The quantitative estimate of drug-likeness (QED) is 0.196. The smallest absolute Gasteiger partial charge is 0.236 e. The number of aromatic hydroxyl groups is 1. The lowest BCUT2D eigenvalue weighted by atomic mass is 9.72. The first kappa shape index (κ1) is 38.7. The highest BCUT2D eigenvalue weighted by Crippen LogP contribution is 2.39. The third-order valence-electron chi connectivity index (χ3n) is 13.3. The lowest BCUT2D eigenvalue weighted by Gasteiger charge is -2.47. The van der Waals surface area contributed by atoms with Crippen molar-refractivity contribution in [1.82, 2.24) is 30.2 Å². The van der Waals surface area contributed by atoms with Gasteiger partial charge in [-0.2, -0.15) is 10.2 Å². The summed E-state index contributed by atoms with van der Waals surface area (Å²) in [6.45, 7) is 6.64. The molecule has 57 heavy (non-hydrogen) atoms. The van der Waals surface area contributed by atoms with Crippen LogP contribution in [0.1, 0.15) is 79.9 Å². The number of likely N-dealkylation sites (N-methyl/N-ethyl adjacent to an activating group) is 1. The molecule has 4 aromatic rings. The van der Waals surface area contributed by atoms with Crippen LogP contribution in [0.25, 0.3) is 11.3 Å². The Morgan fingerprint density at radius 3 is 2.23 bits per heavy atom. The van der Waals surface area contributed by atoms with Gasteiger partial charge in [0.1, 0.15) is 5.75 Å². The Kier molecular flexibility index (Phi) is 11.7. The summed E-state index contributed by atoms with van der Waals surface area (Å²) < 4.78 is 0. The van der Waals surface area contributed by atoms with Gasteiger partial charge in [0.05, 0.1) is 30.0 Å². The monoisotopic (exact) mass is 769 g/mol. The molecule has 0 bridgehead atoms. The highest BCUT2D eigenvalue weighted by molar-refractivity contribution is 6.00. The lowest BCUT2D eigenvalue weighted by Crippen LogP contribution is -2.53. The number of hydrogen-bond acceptors (Lipinski definition) is 9. The van der Waals surface area contributed by atoms with Crippen LogP contribution in [0.15, 0.2) is 91.1 Å². The minimum absolute atomic E-state index is 0.0160. The summed E-state index contributed by atoms with van der Waals surface area (Å²) in [7, 11) is 2.27. The molecule has 0 saturated carbocycles. The molecule has 2 N–H and O–H groups in total. The van der Waals surface area contributed by atoms with E-state index in [1.165, 1.54) is 11.1 Å². The van der Waals surface area contributed by atoms with Gasteiger partial charge in [0.15, 0.2) is 0 Å². The Balaban J connectivity index is 0.816. The van der Waals surface area contributed by atoms with E-state index in [0.29, 0.717) is 42.6 Å². The molecule has 0 spiro atoms. The van der Waals surface area contributed by atoms with Gasteiger partial charge >= 0.3 is 0 Å². The van der Waals surface area contributed by atoms with E-state index in [2.05, 4.69) is 84.6 Å². The van der Waals surface area contributed by atoms with Crippen LogP contribution >= 0.6 is 0 Å². The van der Waals surface area contributed by atoms with E-state index in [4.69, 9.17) is 0 Å². The SMILES string of the molecule is CN(CC1(c2ccccc2)CCN(c2cnnc(-c3ccccc3O)c2)CC1)C1CCN(C(=O)CN2CCC(c3ccc([C@@H]4CCC(=O)NC4=O)cc3)CC2)CC1. The topological polar surface area (TPSA) is 122 Å². The van der Waals surface area contributed by atoms with Crippen molar-refractivity contribution in [1.29, 1.82) is 0 Å². The number of piperidine rings is 4. The number of phenolic OH excluding ortho intramolecular Hbond substituents is 1. The number of carbonyl (C=O) groups excluding carboxylic acids is 3. The molecular weight excluding hydrogens is 715 g/mol. The normalized spacial score (nSPS) is 21.1. The molecule has 11 heteroatoms. The van der Waals surface area contributed by atoms with Crippen molar-refractivity contribution in [3.63, 3.8) is 0 Å². The zero-order chi connectivity index (χ0) is 39.4. The summed E-state index contributed by atoms with van der Waals surface area (Å²) in [5.74, 6) is 0.256. The van der Waals surface area contributed by atoms with Crippen molar-refractivity contribution in [3.8, 4) is 17.0 Å². The number of nitrogens with zero attached hydrogens (tertiary/aromatic N) is 6. The average molecular weight is 770 g/mol. The number of likely N-dealkylation sites (tertiary alicyclic amines) is 2. The molecule has 4 aliphatic heterocycles. The molecule has 0 aliphatic carbocycles. The third-order valence-corrected chi connectivity index (χ3v) is 13.3. The highest BCUT2D eigenvalue weighted by atomic mass is 16.3. The molecule has 5 heterocycles. The Bertz CT molecular complexity index is 2020. The van der Waals surface area contributed by atoms with Crippen molar-refractivity contribution in [2.45, 2.75) is 74.7 Å². The van der Waals surface area contributed by atoms with E-state index in [9.17, 15) is 19.5 Å². The van der Waals surface area contributed by atoms with Gasteiger partial charge in [-0.1, -0.05) is 66.7 Å². The van der Waals surface area contributed by atoms with Gasteiger partial charge in [0.2, 0.25) is 17.7 Å². The summed E-state index contributed by atoms with van der Waals surface area (Å²) in [6.07, 6.45) is 8.79. The molecule has 1 atom stereocenters. The highest BCUT2D eigenvalue weighted by Gasteiger charge is 2.39. The molecule has 4 saturated heterocycles. The maximum atomic E-state index is 13.5. The number of amides is 3. The standard InChI is InChI=1S/C46H55N7O4/c1-50(32-46(36-7-3-2-4-8-36)21-27-52(28-22-46)38-29-41(49-47-30-38)40-9-5-6-10-42(40)54)37-19-25-53(26-20-37)44(56)31-51-23-17-34(18-24-51)33-11-13-35(14-12-33)39-15-16-43(55)48-45(39)57/h2-14,29-30,34,37,39,54H,15-28,31-32H2,1H3,(H,48,55,57)/t39-/m0/s1. The number of para-hydroxylation sites is 1. The van der Waals surface area contributed by atoms with E-state index in [0.717, 1.165) is 95.6 Å². The van der Waals surface area contributed by atoms with E-state index < -0.39 is 0 Å². The number of imide groups is 1. The largest absolute Gasteiger partial charge is 0.507 e. The van der Waals surface area contributed by atoms with Gasteiger partial charge in [0, 0.05) is 56.2 Å². The number of nitrogens with one attached hydrogen (secondary N) is 1. The van der Waals surface area contributed by atoms with Crippen molar-refractivity contribution in [2.75, 3.05) is 64.3 Å². The maximum Gasteiger partial charge on any atom is 0.236 e. The number of aromatic nitrogens is 2. The second-order valence-electron chi connectivity index (χ2n) is 16.7. The fraction of sp³-hybridized carbons (Fsp3) is 0.457. The predicted octanol–water partition coefficient (Wildman–Crippen LogP) is 5.71. The molecule has 3 amide bonds. The van der Waals surface area contributed by atoms with Crippen LogP contribution in [-0.2, 0) is 19.8 Å². The van der Waals surface area contributed by atoms with Gasteiger partial charge in [-0.25, -0.2) is 0 Å². The summed E-state index contributed by atoms with van der Waals surface area (Å²) in [5, 5.41) is 21.5. The Morgan fingerprint density at radius 2 is 1.53 bits per heavy atom. The van der Waals surface area contributed by atoms with Crippen molar-refractivity contribution in [3.05, 3.63) is 108 Å². The van der Waals surface area contributed by atoms with Gasteiger partial charge < -0.3 is 19.8 Å². The first-order chi connectivity index (χ1) is 27.7. The zero-order valence-electron chi connectivity index (χ0n) is 33.1. The van der Waals surface area contributed by atoms with E-state index in [1.54, 1.807) is 6.07 Å². The molecular formula is C46H55N7O4. The maximum absolute atomic E-state index is 13.5. The van der Waals surface area contributed by atoms with Crippen LogP contribution in [0, 0.1) is 0 Å². The minimum Gasteiger partial charge on any atom is -0.507 e. The van der Waals surface area contributed by atoms with E-state index >= 15 is 0 Å². The van der Waals surface area contributed by atoms with Crippen molar-refractivity contribution in [2.24, 2.45) is 0 Å². The van der Waals surface area contributed by atoms with Crippen LogP contribution in [0.5, 0.6) is 5.75 Å². The summed E-state index contributed by atoms with van der Waals surface area (Å²) in [4.78, 5) is 46.8. The zero-order valence-corrected chi connectivity index (χ0v) is 33.1. The fourth-order valence-corrected chi connectivity index (χ4v) is 9.76. The number of hydrogen-bond donors (Lipinski definition) is 2. The number of carbonyl (C=O) groups is 3. The Morgan fingerprint density at radius 1 is 0.842 bits per heavy atom. The molecule has 0 radical (unpaired) electrons. The third kappa shape index (κ3) is 8.74. The molecule has 0 unspecified atom stereocenters. The first-order valence-corrected chi connectivity index (χ1v) is 20.8. The number of phenols is 1. The molecule has 11 nitrogen and oxygen atoms in total. The van der Waals surface area contributed by atoms with Gasteiger partial charge in [-0.05, 0) is 106 Å². The summed E-state index contributed by atoms with van der Waals surface area (Å²) in [6, 6.07) is 29.1. The number of anilines is 1. The Labute approximate surface area is 336 Å².